The summed E-state index contributed by atoms with van der Waals surface area (Å²) < 4.78 is 0. The number of rotatable bonds is 0. The Balaban J connectivity index is -0.000000281. The van der Waals surface area contributed by atoms with Crippen LogP contribution < -0.4 is 21.3 Å². The molecule has 1 aliphatic rings. The van der Waals surface area contributed by atoms with Gasteiger partial charge in [0.25, 0.3) is 0 Å². The van der Waals surface area contributed by atoms with Crippen molar-refractivity contribution in [3.05, 3.63) is 0 Å². The van der Waals surface area contributed by atoms with Crippen LogP contribution in [0, 0.1) is 0 Å². The molecule has 0 spiro atoms. The van der Waals surface area contributed by atoms with Gasteiger partial charge in [-0.3, -0.25) is 4.79 Å². The normalized spacial score (nSPS) is 18.0. The Morgan fingerprint density at radius 3 is 1.68 bits per heavy atom. The quantitative estimate of drug-likeness (QED) is 0.504. The Bertz CT molecular complexity index is 173. The second-order valence-electron chi connectivity index (χ2n) is 3.70. The first-order chi connectivity index (χ1) is 7.39. The molecule has 19 heavy (non-hydrogen) atoms. The van der Waals surface area contributed by atoms with Crippen molar-refractivity contribution in [3.63, 3.8) is 0 Å². The van der Waals surface area contributed by atoms with Gasteiger partial charge in [-0.25, -0.2) is 0 Å². The van der Waals surface area contributed by atoms with Crippen molar-refractivity contribution >= 4 is 55.5 Å². The molecule has 0 saturated carbocycles. The Hall–Kier alpha value is 0.510. The summed E-state index contributed by atoms with van der Waals surface area (Å²) in [5.74, 6) is 0.134. The molecule has 0 unspecified atom stereocenters. The van der Waals surface area contributed by atoms with Crippen LogP contribution in [-0.4, -0.2) is 51.7 Å². The molecule has 1 heterocycles. The lowest BCUT2D eigenvalue weighted by atomic mass is 10.3. The highest BCUT2D eigenvalue weighted by Gasteiger charge is 2.00. The van der Waals surface area contributed by atoms with Crippen LogP contribution in [0.15, 0.2) is 0 Å². The summed E-state index contributed by atoms with van der Waals surface area (Å²) in [6, 6.07) is 0. The Morgan fingerprint density at radius 2 is 1.11 bits per heavy atom. The van der Waals surface area contributed by atoms with Gasteiger partial charge in [-0.05, 0) is 19.5 Å². The molecule has 1 rings (SSSR count). The van der Waals surface area contributed by atoms with E-state index in [1.54, 1.807) is 0 Å². The molecule has 0 bridgehead atoms. The van der Waals surface area contributed by atoms with Gasteiger partial charge >= 0.3 is 0 Å². The van der Waals surface area contributed by atoms with Crippen LogP contribution in [0.3, 0.4) is 0 Å². The minimum atomic E-state index is 0. The third kappa shape index (κ3) is 18.5. The van der Waals surface area contributed by atoms with E-state index in [-0.39, 0.29) is 55.5 Å². The average molecular weight is 360 g/mol. The van der Waals surface area contributed by atoms with Gasteiger partial charge in [0.15, 0.2) is 0 Å². The Morgan fingerprint density at radius 1 is 0.632 bits per heavy atom. The SMILES string of the molecule is Cl.Cl.Cl.Cl.O=C1CCNCCNCCCNCCN1. The summed E-state index contributed by atoms with van der Waals surface area (Å²) in [7, 11) is 0. The van der Waals surface area contributed by atoms with E-state index >= 15 is 0 Å². The molecular formula is C10H26Cl4N4O. The molecule has 0 atom stereocenters. The zero-order valence-electron chi connectivity index (χ0n) is 10.9. The van der Waals surface area contributed by atoms with E-state index in [2.05, 4.69) is 21.3 Å². The zero-order valence-corrected chi connectivity index (χ0v) is 14.2. The van der Waals surface area contributed by atoms with Crippen LogP contribution in [0.1, 0.15) is 12.8 Å². The van der Waals surface area contributed by atoms with Gasteiger partial charge in [0.05, 0.1) is 0 Å². The smallest absolute Gasteiger partial charge is 0.221 e. The van der Waals surface area contributed by atoms with Gasteiger partial charge in [0.2, 0.25) is 5.91 Å². The van der Waals surface area contributed by atoms with Crippen LogP contribution in [0.2, 0.25) is 0 Å². The highest BCUT2D eigenvalue weighted by atomic mass is 35.5. The summed E-state index contributed by atoms with van der Waals surface area (Å²) in [6.07, 6.45) is 1.70. The number of carbonyl (C=O) groups excluding carboxylic acids is 1. The summed E-state index contributed by atoms with van der Waals surface area (Å²) in [5.41, 5.74) is 0. The largest absolute Gasteiger partial charge is 0.355 e. The molecular weight excluding hydrogens is 334 g/mol. The Kier molecular flexibility index (Phi) is 30.4. The maximum absolute atomic E-state index is 11.3. The monoisotopic (exact) mass is 358 g/mol. The van der Waals surface area contributed by atoms with Crippen molar-refractivity contribution in [2.45, 2.75) is 12.8 Å². The van der Waals surface area contributed by atoms with Gasteiger partial charge in [0, 0.05) is 39.1 Å². The molecule has 1 saturated heterocycles. The van der Waals surface area contributed by atoms with E-state index in [1.165, 1.54) is 0 Å². The molecule has 5 nitrogen and oxygen atoms in total. The second kappa shape index (κ2) is 20.8. The second-order valence-corrected chi connectivity index (χ2v) is 3.70. The number of halogens is 4. The Labute approximate surface area is 140 Å². The summed E-state index contributed by atoms with van der Waals surface area (Å²) in [4.78, 5) is 11.3. The maximum atomic E-state index is 11.3. The van der Waals surface area contributed by atoms with Crippen molar-refractivity contribution in [2.75, 3.05) is 45.8 Å². The first kappa shape index (κ1) is 27.8. The minimum Gasteiger partial charge on any atom is -0.355 e. The lowest BCUT2D eigenvalue weighted by Gasteiger charge is -2.10. The fourth-order valence-corrected chi connectivity index (χ4v) is 1.47. The molecule has 120 valence electrons. The fourth-order valence-electron chi connectivity index (χ4n) is 1.47. The average Bonchev–Trinajstić information content (AvgIpc) is 2.24. The number of nitrogens with one attached hydrogen (secondary N) is 4. The lowest BCUT2D eigenvalue weighted by molar-refractivity contribution is -0.120. The minimum absolute atomic E-state index is 0. The molecule has 0 aromatic heterocycles. The number of hydrogen-bond donors (Lipinski definition) is 4. The van der Waals surface area contributed by atoms with E-state index in [0.717, 1.165) is 52.2 Å². The van der Waals surface area contributed by atoms with Gasteiger partial charge < -0.3 is 21.3 Å². The van der Waals surface area contributed by atoms with Crippen LogP contribution in [0.4, 0.5) is 0 Å². The molecule has 9 heteroatoms. The molecule has 1 fully saturated rings. The molecule has 1 amide bonds. The van der Waals surface area contributed by atoms with Crippen LogP contribution in [0.5, 0.6) is 0 Å². The first-order valence-corrected chi connectivity index (χ1v) is 5.78. The van der Waals surface area contributed by atoms with Crippen molar-refractivity contribution in [3.8, 4) is 0 Å². The van der Waals surface area contributed by atoms with E-state index in [1.807, 2.05) is 0 Å². The summed E-state index contributed by atoms with van der Waals surface area (Å²) >= 11 is 0. The molecule has 4 N–H and O–H groups in total. The van der Waals surface area contributed by atoms with Crippen molar-refractivity contribution in [1.29, 1.82) is 0 Å². The van der Waals surface area contributed by atoms with Crippen molar-refractivity contribution in [1.82, 2.24) is 21.3 Å². The highest BCUT2D eigenvalue weighted by Crippen LogP contribution is 1.78. The molecule has 0 aliphatic carbocycles. The van der Waals surface area contributed by atoms with Crippen LogP contribution >= 0.6 is 49.6 Å². The van der Waals surface area contributed by atoms with E-state index in [9.17, 15) is 4.79 Å². The molecule has 1 aliphatic heterocycles. The fraction of sp³-hybridized carbons (Fsp3) is 0.900. The van der Waals surface area contributed by atoms with Gasteiger partial charge in [-0.1, -0.05) is 0 Å². The number of amides is 1. The zero-order chi connectivity index (χ0) is 10.8. The predicted octanol–water partition coefficient (Wildman–Crippen LogP) is 0.352. The molecule has 0 radical (unpaired) electrons. The summed E-state index contributed by atoms with van der Waals surface area (Å²) in [6.45, 7) is 6.33. The van der Waals surface area contributed by atoms with Crippen molar-refractivity contribution in [2.24, 2.45) is 0 Å². The third-order valence-electron chi connectivity index (χ3n) is 2.34. The van der Waals surface area contributed by atoms with E-state index < -0.39 is 0 Å². The van der Waals surface area contributed by atoms with Gasteiger partial charge in [-0.15, -0.1) is 49.6 Å². The molecule has 0 aromatic rings. The highest BCUT2D eigenvalue weighted by molar-refractivity contribution is 5.86. The standard InChI is InChI=1S/C10H22N4O.4ClH/c15-10-2-5-13-7-6-11-3-1-4-12-8-9-14-10;;;;/h11-13H,1-9H2,(H,14,15);4*1H. The van der Waals surface area contributed by atoms with Crippen LogP contribution in [0.25, 0.3) is 0 Å². The number of hydrogen-bond acceptors (Lipinski definition) is 4. The topological polar surface area (TPSA) is 65.2 Å². The van der Waals surface area contributed by atoms with E-state index in [0.29, 0.717) is 6.42 Å². The lowest BCUT2D eigenvalue weighted by Crippen LogP contribution is -2.36. The van der Waals surface area contributed by atoms with Crippen LogP contribution in [-0.2, 0) is 4.79 Å². The van der Waals surface area contributed by atoms with Gasteiger partial charge in [0.1, 0.15) is 0 Å². The maximum Gasteiger partial charge on any atom is 0.221 e. The predicted molar refractivity (Wildman–Crippen MR) is 89.8 cm³/mol. The van der Waals surface area contributed by atoms with Crippen molar-refractivity contribution < 1.29 is 4.79 Å². The first-order valence-electron chi connectivity index (χ1n) is 5.78. The van der Waals surface area contributed by atoms with E-state index in [4.69, 9.17) is 0 Å². The number of carbonyl (C=O) groups is 1. The molecule has 0 aromatic carbocycles. The summed E-state index contributed by atoms with van der Waals surface area (Å²) in [5, 5.41) is 12.7. The third-order valence-corrected chi connectivity index (χ3v) is 2.34. The van der Waals surface area contributed by atoms with Gasteiger partial charge in [-0.2, -0.15) is 0 Å².